The second-order valence-electron chi connectivity index (χ2n) is 2.17. The largest absolute Gasteiger partial charge is 0.493 e. The molecule has 1 aromatic heterocycles. The monoisotopic (exact) mass is 163 g/mol. The van der Waals surface area contributed by atoms with Gasteiger partial charge in [0, 0.05) is 0 Å². The molecule has 0 spiro atoms. The second kappa shape index (κ2) is 4.29. The van der Waals surface area contributed by atoms with Crippen LogP contribution in [0.15, 0.2) is 12.5 Å². The highest BCUT2D eigenvalue weighted by Crippen LogP contribution is 2.12. The zero-order valence-corrected chi connectivity index (χ0v) is 6.82. The summed E-state index contributed by atoms with van der Waals surface area (Å²) in [6, 6.07) is 0. The standard InChI is InChI=1S/C8H9N3O/c1-9-4-3-7-8(12-2)5-10-6-11-7/h5-6H,3-4H2,2H3. The van der Waals surface area contributed by atoms with Crippen molar-refractivity contribution >= 4 is 0 Å². The fraction of sp³-hybridized carbons (Fsp3) is 0.375. The van der Waals surface area contributed by atoms with Crippen LogP contribution in [0.25, 0.3) is 4.85 Å². The van der Waals surface area contributed by atoms with Gasteiger partial charge in [-0.15, -0.1) is 0 Å². The molecule has 0 unspecified atom stereocenters. The Bertz CT molecular complexity index is 293. The minimum Gasteiger partial charge on any atom is -0.493 e. The number of hydrogen-bond donors (Lipinski definition) is 0. The van der Waals surface area contributed by atoms with Gasteiger partial charge >= 0.3 is 0 Å². The van der Waals surface area contributed by atoms with E-state index in [9.17, 15) is 0 Å². The average Bonchev–Trinajstić information content (AvgIpc) is 2.15. The maximum Gasteiger partial charge on any atom is 0.220 e. The molecule has 0 fully saturated rings. The van der Waals surface area contributed by atoms with Crippen LogP contribution in [-0.2, 0) is 6.42 Å². The van der Waals surface area contributed by atoms with E-state index in [0.717, 1.165) is 5.69 Å². The molecule has 0 atom stereocenters. The Kier molecular flexibility index (Phi) is 3.03. The van der Waals surface area contributed by atoms with Gasteiger partial charge in [-0.2, -0.15) is 0 Å². The minimum absolute atomic E-state index is 0.438. The fourth-order valence-electron chi connectivity index (χ4n) is 0.862. The summed E-state index contributed by atoms with van der Waals surface area (Å²) in [6.07, 6.45) is 3.68. The number of ether oxygens (including phenoxy) is 1. The van der Waals surface area contributed by atoms with Gasteiger partial charge in [0.25, 0.3) is 0 Å². The van der Waals surface area contributed by atoms with Gasteiger partial charge in [0.15, 0.2) is 5.75 Å². The molecule has 0 radical (unpaired) electrons. The lowest BCUT2D eigenvalue weighted by atomic mass is 10.3. The summed E-state index contributed by atoms with van der Waals surface area (Å²) >= 11 is 0. The molecule has 0 amide bonds. The Morgan fingerprint density at radius 3 is 3.17 bits per heavy atom. The van der Waals surface area contributed by atoms with E-state index in [0.29, 0.717) is 18.7 Å². The summed E-state index contributed by atoms with van der Waals surface area (Å²) in [4.78, 5) is 11.1. The lowest BCUT2D eigenvalue weighted by Gasteiger charge is -2.02. The maximum absolute atomic E-state index is 6.62. The van der Waals surface area contributed by atoms with Crippen LogP contribution in [0.2, 0.25) is 0 Å². The Morgan fingerprint density at radius 2 is 2.50 bits per heavy atom. The van der Waals surface area contributed by atoms with Crippen LogP contribution in [0.1, 0.15) is 5.69 Å². The van der Waals surface area contributed by atoms with Gasteiger partial charge in [-0.3, -0.25) is 0 Å². The molecule has 1 rings (SSSR count). The predicted octanol–water partition coefficient (Wildman–Crippen LogP) is 0.947. The first-order chi connectivity index (χ1) is 5.88. The smallest absolute Gasteiger partial charge is 0.220 e. The van der Waals surface area contributed by atoms with Gasteiger partial charge in [0.1, 0.15) is 6.33 Å². The molecule has 4 nitrogen and oxygen atoms in total. The zero-order valence-electron chi connectivity index (χ0n) is 6.82. The molecule has 0 saturated heterocycles. The average molecular weight is 163 g/mol. The number of hydrogen-bond acceptors (Lipinski definition) is 3. The van der Waals surface area contributed by atoms with E-state index in [1.165, 1.54) is 6.33 Å². The van der Waals surface area contributed by atoms with E-state index in [4.69, 9.17) is 11.3 Å². The van der Waals surface area contributed by atoms with E-state index in [2.05, 4.69) is 14.8 Å². The van der Waals surface area contributed by atoms with Crippen LogP contribution < -0.4 is 4.74 Å². The van der Waals surface area contributed by atoms with E-state index < -0.39 is 0 Å². The van der Waals surface area contributed by atoms with Crippen LogP contribution in [0.3, 0.4) is 0 Å². The summed E-state index contributed by atoms with van der Waals surface area (Å²) in [5, 5.41) is 0. The summed E-state index contributed by atoms with van der Waals surface area (Å²) in [5.74, 6) is 0.654. The summed E-state index contributed by atoms with van der Waals surface area (Å²) in [7, 11) is 1.57. The highest BCUT2D eigenvalue weighted by atomic mass is 16.5. The third-order valence-electron chi connectivity index (χ3n) is 1.44. The SMILES string of the molecule is [C-]#[N+]CCc1ncncc1OC. The number of nitrogens with zero attached hydrogens (tertiary/aromatic N) is 3. The highest BCUT2D eigenvalue weighted by molar-refractivity contribution is 5.23. The van der Waals surface area contributed by atoms with Crippen LogP contribution in [-0.4, -0.2) is 23.6 Å². The minimum atomic E-state index is 0.438. The zero-order chi connectivity index (χ0) is 8.81. The van der Waals surface area contributed by atoms with Crippen LogP contribution >= 0.6 is 0 Å². The van der Waals surface area contributed by atoms with Gasteiger partial charge in [-0.25, -0.2) is 16.5 Å². The fourth-order valence-corrected chi connectivity index (χ4v) is 0.862. The Hall–Kier alpha value is -1.63. The molecule has 0 aliphatic carbocycles. The van der Waals surface area contributed by atoms with E-state index >= 15 is 0 Å². The third-order valence-corrected chi connectivity index (χ3v) is 1.44. The van der Waals surface area contributed by atoms with Gasteiger partial charge in [0.2, 0.25) is 6.54 Å². The molecule has 1 heterocycles. The summed E-state index contributed by atoms with van der Waals surface area (Å²) in [5.41, 5.74) is 0.795. The molecule has 4 heteroatoms. The molecule has 0 saturated carbocycles. The maximum atomic E-state index is 6.62. The Morgan fingerprint density at radius 1 is 1.67 bits per heavy atom. The first-order valence-corrected chi connectivity index (χ1v) is 3.54. The van der Waals surface area contributed by atoms with Crippen molar-refractivity contribution < 1.29 is 4.74 Å². The molecular formula is C8H9N3O. The van der Waals surface area contributed by atoms with Crippen LogP contribution in [0.5, 0.6) is 5.75 Å². The Labute approximate surface area is 71.0 Å². The lowest BCUT2D eigenvalue weighted by Crippen LogP contribution is -1.97. The molecular weight excluding hydrogens is 154 g/mol. The predicted molar refractivity (Wildman–Crippen MR) is 43.8 cm³/mol. The Balaban J connectivity index is 2.76. The normalized spacial score (nSPS) is 9.00. The lowest BCUT2D eigenvalue weighted by molar-refractivity contribution is 0.405. The van der Waals surface area contributed by atoms with Crippen LogP contribution in [0.4, 0.5) is 0 Å². The van der Waals surface area contributed by atoms with Crippen molar-refractivity contribution in [2.24, 2.45) is 0 Å². The summed E-state index contributed by atoms with van der Waals surface area (Å²) in [6.45, 7) is 7.06. The first kappa shape index (κ1) is 8.47. The quantitative estimate of drug-likeness (QED) is 0.623. The molecule has 62 valence electrons. The van der Waals surface area contributed by atoms with Gasteiger partial charge in [-0.1, -0.05) is 0 Å². The van der Waals surface area contributed by atoms with Crippen molar-refractivity contribution in [1.29, 1.82) is 0 Å². The van der Waals surface area contributed by atoms with Gasteiger partial charge in [-0.05, 0) is 0 Å². The number of rotatable bonds is 3. The second-order valence-corrected chi connectivity index (χ2v) is 2.17. The molecule has 0 aliphatic rings. The summed E-state index contributed by atoms with van der Waals surface area (Å²) < 4.78 is 5.01. The molecule has 1 aromatic rings. The molecule has 0 N–H and O–H groups in total. The van der Waals surface area contributed by atoms with Crippen molar-refractivity contribution in [2.45, 2.75) is 6.42 Å². The first-order valence-electron chi connectivity index (χ1n) is 3.54. The van der Waals surface area contributed by atoms with Gasteiger partial charge in [0.05, 0.1) is 25.4 Å². The van der Waals surface area contributed by atoms with E-state index in [1.807, 2.05) is 0 Å². The number of aromatic nitrogens is 2. The molecule has 0 bridgehead atoms. The van der Waals surface area contributed by atoms with E-state index in [1.54, 1.807) is 13.3 Å². The third kappa shape index (κ3) is 1.92. The highest BCUT2D eigenvalue weighted by Gasteiger charge is 2.03. The number of methoxy groups -OCH3 is 1. The molecule has 0 aliphatic heterocycles. The van der Waals surface area contributed by atoms with Crippen molar-refractivity contribution in [3.8, 4) is 5.75 Å². The van der Waals surface area contributed by atoms with Crippen molar-refractivity contribution in [3.63, 3.8) is 0 Å². The topological polar surface area (TPSA) is 39.4 Å². The van der Waals surface area contributed by atoms with Crippen LogP contribution in [0, 0.1) is 6.57 Å². The van der Waals surface area contributed by atoms with Gasteiger partial charge < -0.3 is 9.58 Å². The van der Waals surface area contributed by atoms with E-state index in [-0.39, 0.29) is 0 Å². The molecule has 12 heavy (non-hydrogen) atoms. The van der Waals surface area contributed by atoms with Crippen molar-refractivity contribution in [2.75, 3.05) is 13.7 Å². The molecule has 0 aromatic carbocycles. The van der Waals surface area contributed by atoms with Crippen molar-refractivity contribution in [3.05, 3.63) is 29.6 Å². The van der Waals surface area contributed by atoms with Crippen molar-refractivity contribution in [1.82, 2.24) is 9.97 Å².